The van der Waals surface area contributed by atoms with E-state index in [1.54, 1.807) is 0 Å². The molecule has 1 saturated carbocycles. The molecule has 1 nitrogen and oxygen atoms in total. The average molecular weight is 203 g/mol. The summed E-state index contributed by atoms with van der Waals surface area (Å²) in [6, 6.07) is 6.69. The largest absolute Gasteiger partial charge is 0.321 e. The predicted octanol–water partition coefficient (Wildman–Crippen LogP) is 3.28. The maximum absolute atomic E-state index is 6.54. The first-order valence-corrected chi connectivity index (χ1v) is 5.90. The van der Waals surface area contributed by atoms with Crippen LogP contribution in [0.5, 0.6) is 0 Å². The lowest BCUT2D eigenvalue weighted by Crippen LogP contribution is -2.39. The van der Waals surface area contributed by atoms with Crippen LogP contribution in [0.25, 0.3) is 0 Å². The molecule has 2 N–H and O–H groups in total. The van der Waals surface area contributed by atoms with E-state index in [0.717, 1.165) is 6.42 Å². The van der Waals surface area contributed by atoms with Crippen molar-refractivity contribution in [2.45, 2.75) is 45.6 Å². The molecule has 0 radical (unpaired) electrons. The summed E-state index contributed by atoms with van der Waals surface area (Å²) in [5.74, 6) is 0.611. The number of rotatable bonds is 1. The van der Waals surface area contributed by atoms with E-state index in [-0.39, 0.29) is 5.54 Å². The zero-order valence-electron chi connectivity index (χ0n) is 10.0. The highest BCUT2D eigenvalue weighted by Crippen LogP contribution is 2.41. The Labute approximate surface area is 92.7 Å². The van der Waals surface area contributed by atoms with E-state index >= 15 is 0 Å². The fourth-order valence-corrected chi connectivity index (χ4v) is 2.66. The molecule has 1 aliphatic rings. The molecule has 1 heteroatoms. The summed E-state index contributed by atoms with van der Waals surface area (Å²) in [6.07, 6.45) is 3.67. The molecule has 2 atom stereocenters. The van der Waals surface area contributed by atoms with Crippen LogP contribution in [-0.4, -0.2) is 0 Å². The molecule has 82 valence electrons. The standard InChI is InChI=1S/C14H21N/c1-10-6-7-13(9-11(10)2)14(15)8-4-5-12(14)3/h6-7,9,12H,4-5,8,15H2,1-3H3. The Morgan fingerprint density at radius 2 is 2.00 bits per heavy atom. The van der Waals surface area contributed by atoms with Gasteiger partial charge in [0.15, 0.2) is 0 Å². The Morgan fingerprint density at radius 3 is 2.53 bits per heavy atom. The number of aryl methyl sites for hydroxylation is 2. The van der Waals surface area contributed by atoms with Crippen molar-refractivity contribution >= 4 is 0 Å². The molecule has 1 aliphatic carbocycles. The fraction of sp³-hybridized carbons (Fsp3) is 0.571. The Morgan fingerprint density at radius 1 is 1.27 bits per heavy atom. The Balaban J connectivity index is 2.40. The molecule has 0 aliphatic heterocycles. The van der Waals surface area contributed by atoms with Crippen LogP contribution in [-0.2, 0) is 5.54 Å². The van der Waals surface area contributed by atoms with E-state index in [1.807, 2.05) is 0 Å². The van der Waals surface area contributed by atoms with Crippen LogP contribution in [0.15, 0.2) is 18.2 Å². The van der Waals surface area contributed by atoms with E-state index < -0.39 is 0 Å². The summed E-state index contributed by atoms with van der Waals surface area (Å²) < 4.78 is 0. The molecule has 0 aromatic heterocycles. The molecule has 1 fully saturated rings. The third kappa shape index (κ3) is 1.69. The van der Waals surface area contributed by atoms with Gasteiger partial charge in [-0.05, 0) is 49.3 Å². The molecule has 0 spiro atoms. The van der Waals surface area contributed by atoms with Crippen molar-refractivity contribution in [1.29, 1.82) is 0 Å². The van der Waals surface area contributed by atoms with Gasteiger partial charge < -0.3 is 5.73 Å². The fourth-order valence-electron chi connectivity index (χ4n) is 2.66. The van der Waals surface area contributed by atoms with Crippen LogP contribution in [0.2, 0.25) is 0 Å². The van der Waals surface area contributed by atoms with Gasteiger partial charge in [-0.1, -0.05) is 31.5 Å². The van der Waals surface area contributed by atoms with Gasteiger partial charge >= 0.3 is 0 Å². The molecule has 2 unspecified atom stereocenters. The first kappa shape index (κ1) is 10.7. The smallest absolute Gasteiger partial charge is 0.0435 e. The zero-order chi connectivity index (χ0) is 11.1. The van der Waals surface area contributed by atoms with Crippen LogP contribution < -0.4 is 5.73 Å². The second-order valence-electron chi connectivity index (χ2n) is 5.13. The van der Waals surface area contributed by atoms with Gasteiger partial charge in [-0.2, -0.15) is 0 Å². The summed E-state index contributed by atoms with van der Waals surface area (Å²) in [4.78, 5) is 0. The minimum Gasteiger partial charge on any atom is -0.321 e. The quantitative estimate of drug-likeness (QED) is 0.744. The summed E-state index contributed by atoms with van der Waals surface area (Å²) in [6.45, 7) is 6.60. The van der Waals surface area contributed by atoms with E-state index in [0.29, 0.717) is 5.92 Å². The molecule has 0 saturated heterocycles. The van der Waals surface area contributed by atoms with Crippen molar-refractivity contribution in [1.82, 2.24) is 0 Å². The molecule has 0 amide bonds. The van der Waals surface area contributed by atoms with Gasteiger partial charge in [0.1, 0.15) is 0 Å². The lowest BCUT2D eigenvalue weighted by molar-refractivity contribution is 0.349. The zero-order valence-corrected chi connectivity index (χ0v) is 10.0. The lowest BCUT2D eigenvalue weighted by atomic mass is 9.81. The van der Waals surface area contributed by atoms with E-state index in [4.69, 9.17) is 5.73 Å². The van der Waals surface area contributed by atoms with Crippen LogP contribution in [0.3, 0.4) is 0 Å². The van der Waals surface area contributed by atoms with E-state index in [1.165, 1.54) is 29.5 Å². The summed E-state index contributed by atoms with van der Waals surface area (Å²) in [7, 11) is 0. The number of hydrogen-bond donors (Lipinski definition) is 1. The van der Waals surface area contributed by atoms with Gasteiger partial charge in [-0.15, -0.1) is 0 Å². The highest BCUT2D eigenvalue weighted by atomic mass is 14.8. The van der Waals surface area contributed by atoms with Gasteiger partial charge in [0, 0.05) is 5.54 Å². The Bertz CT molecular complexity index is 370. The van der Waals surface area contributed by atoms with Crippen LogP contribution in [0.4, 0.5) is 0 Å². The number of hydrogen-bond acceptors (Lipinski definition) is 1. The Hall–Kier alpha value is -0.820. The molecule has 0 bridgehead atoms. The van der Waals surface area contributed by atoms with Crippen molar-refractivity contribution in [2.75, 3.05) is 0 Å². The van der Waals surface area contributed by atoms with Crippen LogP contribution in [0, 0.1) is 19.8 Å². The van der Waals surface area contributed by atoms with Gasteiger partial charge in [0.2, 0.25) is 0 Å². The number of nitrogens with two attached hydrogens (primary N) is 1. The molecule has 1 aromatic carbocycles. The van der Waals surface area contributed by atoms with Gasteiger partial charge in [0.05, 0.1) is 0 Å². The number of benzene rings is 1. The van der Waals surface area contributed by atoms with Crippen LogP contribution in [0.1, 0.15) is 42.9 Å². The van der Waals surface area contributed by atoms with E-state index in [9.17, 15) is 0 Å². The van der Waals surface area contributed by atoms with Crippen LogP contribution >= 0.6 is 0 Å². The monoisotopic (exact) mass is 203 g/mol. The SMILES string of the molecule is Cc1ccc(C2(N)CCCC2C)cc1C. The van der Waals surface area contributed by atoms with Gasteiger partial charge in [0.25, 0.3) is 0 Å². The first-order chi connectivity index (χ1) is 7.04. The van der Waals surface area contributed by atoms with Crippen molar-refractivity contribution < 1.29 is 0 Å². The normalized spacial score (nSPS) is 30.8. The Kier molecular flexibility index (Phi) is 2.59. The third-order valence-electron chi connectivity index (χ3n) is 4.15. The predicted molar refractivity (Wildman–Crippen MR) is 64.8 cm³/mol. The maximum atomic E-state index is 6.54. The van der Waals surface area contributed by atoms with Crippen molar-refractivity contribution in [3.8, 4) is 0 Å². The molecular weight excluding hydrogens is 182 g/mol. The second kappa shape index (κ2) is 3.64. The highest BCUT2D eigenvalue weighted by Gasteiger charge is 2.37. The highest BCUT2D eigenvalue weighted by molar-refractivity contribution is 5.35. The topological polar surface area (TPSA) is 26.0 Å². The lowest BCUT2D eigenvalue weighted by Gasteiger charge is -2.30. The maximum Gasteiger partial charge on any atom is 0.0435 e. The van der Waals surface area contributed by atoms with Gasteiger partial charge in [-0.3, -0.25) is 0 Å². The molecule has 0 heterocycles. The van der Waals surface area contributed by atoms with Crippen molar-refractivity contribution in [2.24, 2.45) is 11.7 Å². The summed E-state index contributed by atoms with van der Waals surface area (Å²) >= 11 is 0. The molecule has 1 aromatic rings. The molecule has 15 heavy (non-hydrogen) atoms. The van der Waals surface area contributed by atoms with Crippen molar-refractivity contribution in [3.05, 3.63) is 34.9 Å². The summed E-state index contributed by atoms with van der Waals surface area (Å²) in [5.41, 5.74) is 10.5. The minimum absolute atomic E-state index is 0.0710. The summed E-state index contributed by atoms with van der Waals surface area (Å²) in [5, 5.41) is 0. The average Bonchev–Trinajstić information content (AvgIpc) is 2.53. The molecule has 2 rings (SSSR count). The van der Waals surface area contributed by atoms with E-state index in [2.05, 4.69) is 39.0 Å². The van der Waals surface area contributed by atoms with Gasteiger partial charge in [-0.25, -0.2) is 0 Å². The first-order valence-electron chi connectivity index (χ1n) is 5.90. The third-order valence-corrected chi connectivity index (χ3v) is 4.15. The molecular formula is C14H21N. The minimum atomic E-state index is -0.0710. The second-order valence-corrected chi connectivity index (χ2v) is 5.13. The van der Waals surface area contributed by atoms with Crippen molar-refractivity contribution in [3.63, 3.8) is 0 Å².